The number of benzene rings is 2. The summed E-state index contributed by atoms with van der Waals surface area (Å²) in [5, 5.41) is 7.51. The second-order valence-electron chi connectivity index (χ2n) is 9.85. The third-order valence-electron chi connectivity index (χ3n) is 7.21. The standard InChI is InChI=1S/C29H35N5O2/c35-28-12-6-16-34(28)17-7-15-30-29(36)25-20-27(32-26-11-5-4-10-24(25)26)31-23-13-18-33(19-14-23)21-22-8-2-1-3-9-22/h1-5,8-11,20,23H,6-7,12-19,21H2,(H,30,36)(H,31,32). The van der Waals surface area contributed by atoms with E-state index in [9.17, 15) is 9.59 Å². The van der Waals surface area contributed by atoms with Crippen LogP contribution in [0.3, 0.4) is 0 Å². The number of anilines is 1. The largest absolute Gasteiger partial charge is 0.367 e. The maximum absolute atomic E-state index is 13.1. The van der Waals surface area contributed by atoms with Gasteiger partial charge in [0, 0.05) is 57.1 Å². The third-order valence-corrected chi connectivity index (χ3v) is 7.21. The molecule has 0 unspecified atom stereocenters. The Morgan fingerprint density at radius 3 is 2.56 bits per heavy atom. The molecule has 1 aromatic heterocycles. The summed E-state index contributed by atoms with van der Waals surface area (Å²) in [5.74, 6) is 0.883. The van der Waals surface area contributed by atoms with Crippen LogP contribution in [-0.4, -0.2) is 65.4 Å². The number of pyridine rings is 1. The van der Waals surface area contributed by atoms with Crippen molar-refractivity contribution in [1.29, 1.82) is 0 Å². The average Bonchev–Trinajstić information content (AvgIpc) is 3.32. The lowest BCUT2D eigenvalue weighted by Crippen LogP contribution is -2.38. The molecule has 5 rings (SSSR count). The summed E-state index contributed by atoms with van der Waals surface area (Å²) in [6, 6.07) is 20.6. The molecule has 2 aliphatic rings. The van der Waals surface area contributed by atoms with Gasteiger partial charge in [-0.2, -0.15) is 0 Å². The molecule has 0 saturated carbocycles. The molecule has 7 nitrogen and oxygen atoms in total. The van der Waals surface area contributed by atoms with E-state index in [1.54, 1.807) is 0 Å². The van der Waals surface area contributed by atoms with Crippen LogP contribution in [0.2, 0.25) is 0 Å². The molecular formula is C29H35N5O2. The molecule has 0 radical (unpaired) electrons. The number of hydrogen-bond donors (Lipinski definition) is 2. The van der Waals surface area contributed by atoms with Crippen molar-refractivity contribution in [2.75, 3.05) is 38.0 Å². The van der Waals surface area contributed by atoms with Gasteiger partial charge in [0.25, 0.3) is 5.91 Å². The van der Waals surface area contributed by atoms with Gasteiger partial charge >= 0.3 is 0 Å². The highest BCUT2D eigenvalue weighted by molar-refractivity contribution is 6.07. The van der Waals surface area contributed by atoms with Crippen LogP contribution >= 0.6 is 0 Å². The quantitative estimate of drug-likeness (QED) is 0.447. The number of amides is 2. The van der Waals surface area contributed by atoms with E-state index < -0.39 is 0 Å². The van der Waals surface area contributed by atoms with Crippen LogP contribution in [0, 0.1) is 0 Å². The minimum atomic E-state index is -0.0953. The van der Waals surface area contributed by atoms with Crippen molar-refractivity contribution in [2.24, 2.45) is 0 Å². The molecule has 188 valence electrons. The molecule has 2 saturated heterocycles. The van der Waals surface area contributed by atoms with Crippen molar-refractivity contribution in [3.05, 3.63) is 71.8 Å². The fourth-order valence-electron chi connectivity index (χ4n) is 5.23. The van der Waals surface area contributed by atoms with Crippen molar-refractivity contribution < 1.29 is 9.59 Å². The van der Waals surface area contributed by atoms with Crippen LogP contribution in [0.5, 0.6) is 0 Å². The lowest BCUT2D eigenvalue weighted by Gasteiger charge is -2.32. The molecule has 0 bridgehead atoms. The number of nitrogens with one attached hydrogen (secondary N) is 2. The summed E-state index contributed by atoms with van der Waals surface area (Å²) < 4.78 is 0. The molecule has 0 aliphatic carbocycles. The molecule has 7 heteroatoms. The van der Waals surface area contributed by atoms with E-state index in [0.717, 1.165) is 68.6 Å². The number of carbonyl (C=O) groups excluding carboxylic acids is 2. The number of rotatable bonds is 9. The molecule has 2 amide bonds. The Morgan fingerprint density at radius 1 is 1.00 bits per heavy atom. The number of hydrogen-bond acceptors (Lipinski definition) is 5. The summed E-state index contributed by atoms with van der Waals surface area (Å²) in [4.78, 5) is 34.1. The molecule has 2 fully saturated rings. The van der Waals surface area contributed by atoms with Gasteiger partial charge in [0.15, 0.2) is 0 Å². The molecule has 36 heavy (non-hydrogen) atoms. The van der Waals surface area contributed by atoms with Gasteiger partial charge in [-0.3, -0.25) is 14.5 Å². The van der Waals surface area contributed by atoms with Gasteiger partial charge in [0.05, 0.1) is 11.1 Å². The van der Waals surface area contributed by atoms with E-state index in [1.807, 2.05) is 35.2 Å². The molecule has 2 N–H and O–H groups in total. The van der Waals surface area contributed by atoms with Crippen molar-refractivity contribution >= 4 is 28.5 Å². The lowest BCUT2D eigenvalue weighted by atomic mass is 10.0. The number of carbonyl (C=O) groups is 2. The van der Waals surface area contributed by atoms with Gasteiger partial charge < -0.3 is 15.5 Å². The Balaban J connectivity index is 1.19. The Morgan fingerprint density at radius 2 is 1.78 bits per heavy atom. The maximum Gasteiger partial charge on any atom is 0.252 e. The predicted octanol–water partition coefficient (Wildman–Crippen LogP) is 4.05. The highest BCUT2D eigenvalue weighted by Crippen LogP contribution is 2.23. The van der Waals surface area contributed by atoms with Crippen molar-refractivity contribution in [2.45, 2.75) is 44.7 Å². The summed E-state index contributed by atoms with van der Waals surface area (Å²) in [6.07, 6.45) is 4.43. The van der Waals surface area contributed by atoms with Gasteiger partial charge in [0.2, 0.25) is 5.91 Å². The molecule has 2 aromatic carbocycles. The highest BCUT2D eigenvalue weighted by Gasteiger charge is 2.21. The fraction of sp³-hybridized carbons (Fsp3) is 0.414. The van der Waals surface area contributed by atoms with E-state index in [1.165, 1.54) is 5.56 Å². The number of para-hydroxylation sites is 1. The van der Waals surface area contributed by atoms with Gasteiger partial charge in [-0.25, -0.2) is 4.98 Å². The summed E-state index contributed by atoms with van der Waals surface area (Å²) >= 11 is 0. The zero-order chi connectivity index (χ0) is 24.7. The van der Waals surface area contributed by atoms with Crippen molar-refractivity contribution in [1.82, 2.24) is 20.1 Å². The van der Waals surface area contributed by atoms with Crippen molar-refractivity contribution in [3.8, 4) is 0 Å². The van der Waals surface area contributed by atoms with Gasteiger partial charge in [-0.1, -0.05) is 48.5 Å². The number of likely N-dealkylation sites (tertiary alicyclic amines) is 2. The number of piperidine rings is 1. The first-order valence-corrected chi connectivity index (χ1v) is 13.1. The normalized spacial score (nSPS) is 17.0. The van der Waals surface area contributed by atoms with Crippen molar-refractivity contribution in [3.63, 3.8) is 0 Å². The van der Waals surface area contributed by atoms with E-state index >= 15 is 0 Å². The van der Waals surface area contributed by atoms with Gasteiger partial charge in [-0.15, -0.1) is 0 Å². The second-order valence-corrected chi connectivity index (χ2v) is 9.85. The summed E-state index contributed by atoms with van der Waals surface area (Å²) in [7, 11) is 0. The fourth-order valence-corrected chi connectivity index (χ4v) is 5.23. The molecule has 2 aliphatic heterocycles. The monoisotopic (exact) mass is 485 g/mol. The molecule has 0 atom stereocenters. The van der Waals surface area contributed by atoms with Crippen LogP contribution in [-0.2, 0) is 11.3 Å². The van der Waals surface area contributed by atoms with Crippen LogP contribution in [0.1, 0.15) is 48.0 Å². The zero-order valence-electron chi connectivity index (χ0n) is 20.8. The van der Waals surface area contributed by atoms with E-state index in [4.69, 9.17) is 4.98 Å². The first-order chi connectivity index (χ1) is 17.7. The second kappa shape index (κ2) is 11.5. The van der Waals surface area contributed by atoms with Crippen LogP contribution < -0.4 is 10.6 Å². The number of fused-ring (bicyclic) bond motifs is 1. The first kappa shape index (κ1) is 24.3. The maximum atomic E-state index is 13.1. The van der Waals surface area contributed by atoms with E-state index in [-0.39, 0.29) is 11.8 Å². The molecular weight excluding hydrogens is 450 g/mol. The summed E-state index contributed by atoms with van der Waals surface area (Å²) in [5.41, 5.74) is 2.81. The number of aromatic nitrogens is 1. The van der Waals surface area contributed by atoms with Crippen LogP contribution in [0.25, 0.3) is 10.9 Å². The SMILES string of the molecule is O=C(NCCCN1CCCC1=O)c1cc(NC2CCN(Cc3ccccc3)CC2)nc2ccccc12. The van der Waals surface area contributed by atoms with Gasteiger partial charge in [-0.05, 0) is 43.4 Å². The van der Waals surface area contributed by atoms with E-state index in [0.29, 0.717) is 31.1 Å². The topological polar surface area (TPSA) is 77.6 Å². The molecule has 3 heterocycles. The predicted molar refractivity (Wildman–Crippen MR) is 143 cm³/mol. The van der Waals surface area contributed by atoms with E-state index in [2.05, 4.69) is 45.9 Å². The first-order valence-electron chi connectivity index (χ1n) is 13.1. The Bertz CT molecular complexity index is 1190. The van der Waals surface area contributed by atoms with Crippen LogP contribution in [0.4, 0.5) is 5.82 Å². The minimum absolute atomic E-state index is 0.0953. The Kier molecular flexibility index (Phi) is 7.76. The smallest absolute Gasteiger partial charge is 0.252 e. The van der Waals surface area contributed by atoms with Crippen LogP contribution in [0.15, 0.2) is 60.7 Å². The minimum Gasteiger partial charge on any atom is -0.367 e. The number of nitrogens with zero attached hydrogens (tertiary/aromatic N) is 3. The zero-order valence-corrected chi connectivity index (χ0v) is 20.8. The van der Waals surface area contributed by atoms with Gasteiger partial charge in [0.1, 0.15) is 5.82 Å². The summed E-state index contributed by atoms with van der Waals surface area (Å²) in [6.45, 7) is 5.13. The lowest BCUT2D eigenvalue weighted by molar-refractivity contribution is -0.127. The Labute approximate surface area is 212 Å². The third kappa shape index (κ3) is 6.02. The average molecular weight is 486 g/mol. The highest BCUT2D eigenvalue weighted by atomic mass is 16.2. The Hall–Kier alpha value is -3.45. The molecule has 3 aromatic rings. The molecule has 0 spiro atoms.